The number of hydrogen-bond donors (Lipinski definition) is 0. The SMILES string of the molecule is CCCCCC1C2CCC(C2)N1C(C)(C)C. The highest BCUT2D eigenvalue weighted by Crippen LogP contribution is 2.47. The molecule has 0 aromatic heterocycles. The van der Waals surface area contributed by atoms with Crippen molar-refractivity contribution in [3.05, 3.63) is 0 Å². The molecule has 1 heteroatoms. The standard InChI is InChI=1S/C15H29N/c1-5-6-7-8-14-12-9-10-13(11-12)16(14)15(2,3)4/h12-14H,5-11H2,1-4H3. The molecule has 3 atom stereocenters. The van der Waals surface area contributed by atoms with Gasteiger partial charge >= 0.3 is 0 Å². The minimum atomic E-state index is 0.386. The van der Waals surface area contributed by atoms with Crippen molar-refractivity contribution in [3.8, 4) is 0 Å². The number of fused-ring (bicyclic) bond motifs is 2. The Balaban J connectivity index is 1.98. The van der Waals surface area contributed by atoms with Gasteiger partial charge in [0.25, 0.3) is 0 Å². The van der Waals surface area contributed by atoms with Crippen molar-refractivity contribution in [2.24, 2.45) is 5.92 Å². The van der Waals surface area contributed by atoms with Gasteiger partial charge in [-0.1, -0.05) is 26.2 Å². The number of likely N-dealkylation sites (tertiary alicyclic amines) is 1. The number of rotatable bonds is 4. The predicted octanol–water partition coefficient (Wildman–Crippen LogP) is 4.22. The second-order valence-electron chi connectivity index (χ2n) is 6.87. The summed E-state index contributed by atoms with van der Waals surface area (Å²) < 4.78 is 0. The molecule has 1 nitrogen and oxygen atoms in total. The minimum absolute atomic E-state index is 0.386. The molecule has 2 fully saturated rings. The van der Waals surface area contributed by atoms with E-state index in [4.69, 9.17) is 0 Å². The summed E-state index contributed by atoms with van der Waals surface area (Å²) in [5, 5.41) is 0. The van der Waals surface area contributed by atoms with E-state index in [9.17, 15) is 0 Å². The van der Waals surface area contributed by atoms with Crippen molar-refractivity contribution in [2.75, 3.05) is 0 Å². The Morgan fingerprint density at radius 1 is 1.12 bits per heavy atom. The number of unbranched alkanes of at least 4 members (excludes halogenated alkanes) is 2. The molecule has 2 aliphatic rings. The van der Waals surface area contributed by atoms with Crippen LogP contribution < -0.4 is 0 Å². The number of piperidine rings is 1. The van der Waals surface area contributed by atoms with Crippen molar-refractivity contribution < 1.29 is 0 Å². The lowest BCUT2D eigenvalue weighted by atomic mass is 9.90. The molecule has 0 aromatic carbocycles. The van der Waals surface area contributed by atoms with Gasteiger partial charge in [0.15, 0.2) is 0 Å². The molecule has 0 radical (unpaired) electrons. The second-order valence-corrected chi connectivity index (χ2v) is 6.87. The van der Waals surface area contributed by atoms with Crippen LogP contribution in [0.3, 0.4) is 0 Å². The summed E-state index contributed by atoms with van der Waals surface area (Å²) in [7, 11) is 0. The molecule has 2 bridgehead atoms. The maximum absolute atomic E-state index is 2.86. The Morgan fingerprint density at radius 2 is 1.88 bits per heavy atom. The van der Waals surface area contributed by atoms with E-state index in [1.807, 2.05) is 0 Å². The summed E-state index contributed by atoms with van der Waals surface area (Å²) in [4.78, 5) is 2.86. The third kappa shape index (κ3) is 2.30. The zero-order valence-electron chi connectivity index (χ0n) is 11.6. The average Bonchev–Trinajstić information content (AvgIpc) is 2.76. The maximum atomic E-state index is 2.86. The van der Waals surface area contributed by atoms with E-state index in [1.165, 1.54) is 44.9 Å². The van der Waals surface area contributed by atoms with Crippen molar-refractivity contribution in [1.82, 2.24) is 4.90 Å². The molecule has 1 aliphatic carbocycles. The summed E-state index contributed by atoms with van der Waals surface area (Å²) in [6, 6.07) is 1.82. The molecule has 0 amide bonds. The Morgan fingerprint density at radius 3 is 2.50 bits per heavy atom. The highest BCUT2D eigenvalue weighted by Gasteiger charge is 2.48. The molecule has 16 heavy (non-hydrogen) atoms. The van der Waals surface area contributed by atoms with E-state index in [0.29, 0.717) is 5.54 Å². The lowest BCUT2D eigenvalue weighted by molar-refractivity contribution is 0.0377. The smallest absolute Gasteiger partial charge is 0.0132 e. The fraction of sp³-hybridized carbons (Fsp3) is 1.00. The average molecular weight is 223 g/mol. The van der Waals surface area contributed by atoms with E-state index in [-0.39, 0.29) is 0 Å². The van der Waals surface area contributed by atoms with Gasteiger partial charge in [-0.05, 0) is 52.4 Å². The van der Waals surface area contributed by atoms with Gasteiger partial charge in [-0.25, -0.2) is 0 Å². The molecule has 1 saturated carbocycles. The van der Waals surface area contributed by atoms with Crippen LogP contribution in [-0.4, -0.2) is 22.5 Å². The van der Waals surface area contributed by atoms with Gasteiger partial charge in [-0.3, -0.25) is 4.90 Å². The Kier molecular flexibility index (Phi) is 3.63. The summed E-state index contributed by atoms with van der Waals surface area (Å²) in [5.41, 5.74) is 0.386. The van der Waals surface area contributed by atoms with Crippen molar-refractivity contribution in [1.29, 1.82) is 0 Å². The van der Waals surface area contributed by atoms with Gasteiger partial charge in [-0.2, -0.15) is 0 Å². The fourth-order valence-electron chi connectivity index (χ4n) is 4.12. The van der Waals surface area contributed by atoms with Crippen LogP contribution in [0.4, 0.5) is 0 Å². The third-order valence-electron chi connectivity index (χ3n) is 4.62. The molecule has 3 unspecified atom stereocenters. The van der Waals surface area contributed by atoms with Crippen LogP contribution in [0.2, 0.25) is 0 Å². The number of nitrogens with zero attached hydrogens (tertiary/aromatic N) is 1. The lowest BCUT2D eigenvalue weighted by Gasteiger charge is -2.44. The van der Waals surface area contributed by atoms with Crippen LogP contribution >= 0.6 is 0 Å². The first-order valence-corrected chi connectivity index (χ1v) is 7.32. The first-order valence-electron chi connectivity index (χ1n) is 7.32. The van der Waals surface area contributed by atoms with Gasteiger partial charge in [-0.15, -0.1) is 0 Å². The molecule has 0 spiro atoms. The Labute approximate surface area is 102 Å². The molecular weight excluding hydrogens is 194 g/mol. The molecule has 1 heterocycles. The summed E-state index contributed by atoms with van der Waals surface area (Å²) in [6.07, 6.45) is 10.1. The molecule has 1 saturated heterocycles. The zero-order valence-corrected chi connectivity index (χ0v) is 11.6. The molecule has 0 N–H and O–H groups in total. The minimum Gasteiger partial charge on any atom is -0.292 e. The molecule has 94 valence electrons. The van der Waals surface area contributed by atoms with Gasteiger partial charge in [0.2, 0.25) is 0 Å². The summed E-state index contributed by atoms with van der Waals surface area (Å²) in [5.74, 6) is 1.03. The van der Waals surface area contributed by atoms with Crippen molar-refractivity contribution >= 4 is 0 Å². The van der Waals surface area contributed by atoms with Crippen molar-refractivity contribution in [2.45, 2.75) is 90.3 Å². The fourth-order valence-corrected chi connectivity index (χ4v) is 4.12. The normalized spacial score (nSPS) is 34.9. The largest absolute Gasteiger partial charge is 0.292 e. The van der Waals surface area contributed by atoms with Gasteiger partial charge < -0.3 is 0 Å². The van der Waals surface area contributed by atoms with Crippen LogP contribution in [0.1, 0.15) is 72.6 Å². The van der Waals surface area contributed by atoms with Crippen molar-refractivity contribution in [3.63, 3.8) is 0 Å². The summed E-state index contributed by atoms with van der Waals surface area (Å²) >= 11 is 0. The van der Waals surface area contributed by atoms with Crippen LogP contribution in [0.15, 0.2) is 0 Å². The van der Waals surface area contributed by atoms with Gasteiger partial charge in [0.1, 0.15) is 0 Å². The first kappa shape index (κ1) is 12.4. The maximum Gasteiger partial charge on any atom is 0.0132 e. The second kappa shape index (κ2) is 4.68. The summed E-state index contributed by atoms with van der Waals surface area (Å²) in [6.45, 7) is 9.52. The zero-order chi connectivity index (χ0) is 11.8. The Hall–Kier alpha value is -0.0400. The Bertz CT molecular complexity index is 228. The lowest BCUT2D eigenvalue weighted by Crippen LogP contribution is -2.51. The van der Waals surface area contributed by atoms with Gasteiger partial charge in [0.05, 0.1) is 0 Å². The monoisotopic (exact) mass is 223 g/mol. The van der Waals surface area contributed by atoms with E-state index in [1.54, 1.807) is 0 Å². The molecular formula is C15H29N. The molecule has 1 aliphatic heterocycles. The topological polar surface area (TPSA) is 3.24 Å². The third-order valence-corrected chi connectivity index (χ3v) is 4.62. The van der Waals surface area contributed by atoms with Crippen LogP contribution in [0.5, 0.6) is 0 Å². The van der Waals surface area contributed by atoms with Crippen LogP contribution in [-0.2, 0) is 0 Å². The first-order chi connectivity index (χ1) is 7.54. The molecule has 0 aromatic rings. The highest BCUT2D eigenvalue weighted by molar-refractivity contribution is 5.03. The van der Waals surface area contributed by atoms with E-state index in [0.717, 1.165) is 18.0 Å². The van der Waals surface area contributed by atoms with E-state index in [2.05, 4.69) is 32.6 Å². The van der Waals surface area contributed by atoms with E-state index >= 15 is 0 Å². The predicted molar refractivity (Wildman–Crippen MR) is 70.7 cm³/mol. The highest BCUT2D eigenvalue weighted by atomic mass is 15.3. The quantitative estimate of drug-likeness (QED) is 0.645. The van der Waals surface area contributed by atoms with Gasteiger partial charge in [0, 0.05) is 17.6 Å². The van der Waals surface area contributed by atoms with E-state index < -0.39 is 0 Å². The van der Waals surface area contributed by atoms with Crippen LogP contribution in [0, 0.1) is 5.92 Å². The molecule has 2 rings (SSSR count). The number of hydrogen-bond acceptors (Lipinski definition) is 1. The van der Waals surface area contributed by atoms with Crippen LogP contribution in [0.25, 0.3) is 0 Å².